The number of halogens is 4. The van der Waals surface area contributed by atoms with Gasteiger partial charge in [0.1, 0.15) is 10.6 Å². The largest absolute Gasteiger partial charge is 1.00 e. The number of hydrogen-bond donors (Lipinski definition) is 2. The van der Waals surface area contributed by atoms with Gasteiger partial charge < -0.3 is 27.3 Å². The number of rotatable bonds is 5. The summed E-state index contributed by atoms with van der Waals surface area (Å²) in [6, 6.07) is 15.4. The van der Waals surface area contributed by atoms with Gasteiger partial charge in [-0.1, -0.05) is 34.8 Å². The molecule has 186 valence electrons. The highest BCUT2D eigenvalue weighted by molar-refractivity contribution is 7.92. The van der Waals surface area contributed by atoms with Crippen molar-refractivity contribution in [1.82, 2.24) is 4.90 Å². The molecule has 2 N–H and O–H groups in total. The molecule has 12 heteroatoms. The van der Waals surface area contributed by atoms with E-state index < -0.39 is 10.0 Å². The fourth-order valence-corrected chi connectivity index (χ4v) is 5.62. The van der Waals surface area contributed by atoms with E-state index in [1.54, 1.807) is 17.0 Å². The first-order chi connectivity index (χ1) is 16.1. The molecule has 35 heavy (non-hydrogen) atoms. The van der Waals surface area contributed by atoms with Gasteiger partial charge in [0.25, 0.3) is 15.9 Å². The minimum atomic E-state index is -4.14. The molecule has 7 nitrogen and oxygen atoms in total. The Balaban J connectivity index is 0.00000342. The quantitative estimate of drug-likeness (QED) is 0.486. The van der Waals surface area contributed by atoms with E-state index in [0.29, 0.717) is 31.2 Å². The fourth-order valence-electron chi connectivity index (χ4n) is 3.63. The Hall–Kier alpha value is -2.36. The molecule has 1 saturated heterocycles. The third kappa shape index (κ3) is 6.26. The van der Waals surface area contributed by atoms with Gasteiger partial charge in [-0.15, -0.1) is 0 Å². The molecule has 0 radical (unpaired) electrons. The standard InChI is InChI=1S/C23H20Cl3N3O4S.ClH/c24-16-2-8-19(25)21(14-16)27-34(32,33)22-13-15(1-7-20(22)26)23(31)29-11-9-28(10-12-29)17-3-5-18(30)6-4-17;/h1-8,13-14,27,30H,9-12H2;1H/p-1. The number of aromatic hydroxyl groups is 1. The number of phenols is 1. The fraction of sp³-hybridized carbons (Fsp3) is 0.174. The van der Waals surface area contributed by atoms with Crippen LogP contribution in [0.2, 0.25) is 15.1 Å². The second kappa shape index (κ2) is 11.1. The van der Waals surface area contributed by atoms with Crippen molar-refractivity contribution in [3.8, 4) is 5.75 Å². The van der Waals surface area contributed by atoms with Gasteiger partial charge in [0, 0.05) is 42.5 Å². The smallest absolute Gasteiger partial charge is 0.263 e. The molecule has 1 fully saturated rings. The average molecular weight is 576 g/mol. The van der Waals surface area contributed by atoms with Gasteiger partial charge in [-0.3, -0.25) is 9.52 Å². The Kier molecular flexibility index (Phi) is 8.67. The summed E-state index contributed by atoms with van der Waals surface area (Å²) >= 11 is 18.2. The molecule has 1 aliphatic rings. The first-order valence-electron chi connectivity index (χ1n) is 10.2. The maximum absolute atomic E-state index is 13.1. The van der Waals surface area contributed by atoms with Crippen LogP contribution < -0.4 is 22.0 Å². The van der Waals surface area contributed by atoms with Crippen LogP contribution in [0.4, 0.5) is 11.4 Å². The van der Waals surface area contributed by atoms with Crippen LogP contribution in [-0.2, 0) is 10.0 Å². The number of piperazine rings is 1. The zero-order valence-electron chi connectivity index (χ0n) is 18.1. The molecule has 3 aromatic rings. The Morgan fingerprint density at radius 2 is 1.49 bits per heavy atom. The van der Waals surface area contributed by atoms with Crippen LogP contribution in [0.25, 0.3) is 0 Å². The van der Waals surface area contributed by atoms with E-state index in [4.69, 9.17) is 34.8 Å². The van der Waals surface area contributed by atoms with Crippen molar-refractivity contribution in [2.24, 2.45) is 0 Å². The Morgan fingerprint density at radius 1 is 0.857 bits per heavy atom. The van der Waals surface area contributed by atoms with Crippen molar-refractivity contribution in [3.05, 3.63) is 81.3 Å². The molecule has 3 aromatic carbocycles. The molecule has 0 aromatic heterocycles. The third-order valence-electron chi connectivity index (χ3n) is 5.42. The molecule has 1 aliphatic heterocycles. The van der Waals surface area contributed by atoms with Crippen molar-refractivity contribution in [1.29, 1.82) is 0 Å². The van der Waals surface area contributed by atoms with Crippen molar-refractivity contribution in [3.63, 3.8) is 0 Å². The molecule has 1 amide bonds. The predicted molar refractivity (Wildman–Crippen MR) is 135 cm³/mol. The van der Waals surface area contributed by atoms with Gasteiger partial charge in [-0.25, -0.2) is 8.42 Å². The van der Waals surface area contributed by atoms with E-state index in [1.807, 2.05) is 12.1 Å². The number of hydrogen-bond acceptors (Lipinski definition) is 5. The molecule has 0 atom stereocenters. The summed E-state index contributed by atoms with van der Waals surface area (Å²) in [7, 11) is -4.14. The number of benzene rings is 3. The Labute approximate surface area is 224 Å². The predicted octanol–water partition coefficient (Wildman–Crippen LogP) is 2.12. The van der Waals surface area contributed by atoms with E-state index in [-0.39, 0.29) is 50.3 Å². The van der Waals surface area contributed by atoms with Crippen LogP contribution in [0.5, 0.6) is 5.75 Å². The normalized spacial score (nSPS) is 13.8. The SMILES string of the molecule is O=C(c1ccc(Cl)c(S(=O)(=O)Nc2cc(Cl)ccc2Cl)c1)N1CCN(c2ccc(O)cc2)CC1.[Cl-]. The maximum Gasteiger partial charge on any atom is 0.263 e. The molecular weight excluding hydrogens is 556 g/mol. The lowest BCUT2D eigenvalue weighted by Crippen LogP contribution is -3.00. The number of amides is 1. The lowest BCUT2D eigenvalue weighted by atomic mass is 10.1. The zero-order chi connectivity index (χ0) is 24.5. The summed E-state index contributed by atoms with van der Waals surface area (Å²) in [5.74, 6) is -0.0996. The second-order valence-electron chi connectivity index (χ2n) is 7.67. The number of carbonyl (C=O) groups excluding carboxylic acids is 1. The molecule has 0 unspecified atom stereocenters. The highest BCUT2D eigenvalue weighted by Gasteiger charge is 2.26. The lowest BCUT2D eigenvalue weighted by Gasteiger charge is -2.36. The van der Waals surface area contributed by atoms with Gasteiger partial charge in [-0.05, 0) is 60.7 Å². The molecular formula is C23H20Cl4N3O4S-. The molecule has 1 heterocycles. The van der Waals surface area contributed by atoms with Crippen LogP contribution in [-0.4, -0.2) is 50.5 Å². The number of nitrogens with one attached hydrogen (secondary N) is 1. The first-order valence-corrected chi connectivity index (χ1v) is 12.9. The van der Waals surface area contributed by atoms with Crippen LogP contribution in [0.3, 0.4) is 0 Å². The maximum atomic E-state index is 13.1. The van der Waals surface area contributed by atoms with Crippen molar-refractivity contribution >= 4 is 62.1 Å². The monoisotopic (exact) mass is 574 g/mol. The van der Waals surface area contributed by atoms with Crippen molar-refractivity contribution in [2.45, 2.75) is 4.90 Å². The average Bonchev–Trinajstić information content (AvgIpc) is 2.81. The summed E-state index contributed by atoms with van der Waals surface area (Å²) in [4.78, 5) is 16.7. The highest BCUT2D eigenvalue weighted by atomic mass is 35.5. The highest BCUT2D eigenvalue weighted by Crippen LogP contribution is 2.30. The number of anilines is 2. The van der Waals surface area contributed by atoms with E-state index >= 15 is 0 Å². The first kappa shape index (κ1) is 27.2. The molecule has 0 bridgehead atoms. The molecule has 0 saturated carbocycles. The topological polar surface area (TPSA) is 90.0 Å². The van der Waals surface area contributed by atoms with E-state index in [0.717, 1.165) is 5.69 Å². The summed E-state index contributed by atoms with van der Waals surface area (Å²) in [5.41, 5.74) is 1.27. The van der Waals surface area contributed by atoms with Crippen molar-refractivity contribution < 1.29 is 30.7 Å². The number of phenolic OH excluding ortho intramolecular Hbond substituents is 1. The summed E-state index contributed by atoms with van der Waals surface area (Å²) in [6.07, 6.45) is 0. The van der Waals surface area contributed by atoms with Crippen LogP contribution in [0.15, 0.2) is 65.6 Å². The molecule has 4 rings (SSSR count). The third-order valence-corrected chi connectivity index (χ3v) is 7.83. The van der Waals surface area contributed by atoms with E-state index in [1.165, 1.54) is 36.4 Å². The van der Waals surface area contributed by atoms with Gasteiger partial charge in [0.05, 0.1) is 15.7 Å². The molecule has 0 aliphatic carbocycles. The van der Waals surface area contributed by atoms with Gasteiger partial charge in [0.2, 0.25) is 0 Å². The summed E-state index contributed by atoms with van der Waals surface area (Å²) < 4.78 is 28.4. The minimum Gasteiger partial charge on any atom is -1.00 e. The lowest BCUT2D eigenvalue weighted by molar-refractivity contribution is -0.0000198. The number of nitrogens with zero attached hydrogens (tertiary/aromatic N) is 2. The Morgan fingerprint density at radius 3 is 2.14 bits per heavy atom. The van der Waals surface area contributed by atoms with E-state index in [2.05, 4.69) is 9.62 Å². The van der Waals surface area contributed by atoms with Crippen LogP contribution in [0.1, 0.15) is 10.4 Å². The van der Waals surface area contributed by atoms with Gasteiger partial charge >= 0.3 is 0 Å². The summed E-state index contributed by atoms with van der Waals surface area (Å²) in [6.45, 7) is 2.12. The van der Waals surface area contributed by atoms with Crippen LogP contribution >= 0.6 is 34.8 Å². The second-order valence-corrected chi connectivity index (χ2v) is 10.6. The number of sulfonamides is 1. The van der Waals surface area contributed by atoms with E-state index in [9.17, 15) is 18.3 Å². The Bertz CT molecular complexity index is 1330. The minimum absolute atomic E-state index is 0. The number of carbonyl (C=O) groups is 1. The van der Waals surface area contributed by atoms with Gasteiger partial charge in [-0.2, -0.15) is 0 Å². The summed E-state index contributed by atoms with van der Waals surface area (Å²) in [5, 5.41) is 9.91. The van der Waals surface area contributed by atoms with Gasteiger partial charge in [0.15, 0.2) is 0 Å². The molecule has 0 spiro atoms. The van der Waals surface area contributed by atoms with Crippen molar-refractivity contribution in [2.75, 3.05) is 35.8 Å². The zero-order valence-corrected chi connectivity index (χ0v) is 21.9. The van der Waals surface area contributed by atoms with Crippen LogP contribution in [0, 0.1) is 0 Å².